The van der Waals surface area contributed by atoms with Crippen LogP contribution >= 0.6 is 23.5 Å². The van der Waals surface area contributed by atoms with Gasteiger partial charge in [0, 0.05) is 10.5 Å². The third-order valence-corrected chi connectivity index (χ3v) is 6.93. The molecule has 5 aromatic rings. The first-order valence-corrected chi connectivity index (χ1v) is 12.7. The summed E-state index contributed by atoms with van der Waals surface area (Å²) in [6.45, 7) is 0.274. The van der Waals surface area contributed by atoms with Gasteiger partial charge < -0.3 is 4.52 Å². The molecule has 0 N–H and O–H groups in total. The molecule has 6 nitrogen and oxygen atoms in total. The summed E-state index contributed by atoms with van der Waals surface area (Å²) in [5, 5.41) is 5.14. The Morgan fingerprint density at radius 2 is 1.74 bits per heavy atom. The van der Waals surface area contributed by atoms with Crippen molar-refractivity contribution in [3.63, 3.8) is 0 Å². The monoisotopic (exact) mass is 490 g/mol. The van der Waals surface area contributed by atoms with Gasteiger partial charge in [-0.05, 0) is 60.4 Å². The summed E-state index contributed by atoms with van der Waals surface area (Å²) in [7, 11) is 0. The van der Waals surface area contributed by atoms with Crippen LogP contribution in [0.3, 0.4) is 0 Å². The van der Waals surface area contributed by atoms with Crippen LogP contribution in [-0.2, 0) is 12.3 Å². The van der Waals surface area contributed by atoms with Gasteiger partial charge in [-0.15, -0.1) is 11.8 Å². The Bertz CT molecular complexity index is 1500. The minimum atomic E-state index is -0.322. The molecule has 0 aliphatic carbocycles. The molecule has 3 aromatic carbocycles. The maximum Gasteiger partial charge on any atom is 0.262 e. The Morgan fingerprint density at radius 1 is 0.971 bits per heavy atom. The Labute approximate surface area is 203 Å². The molecule has 0 atom stereocenters. The number of thioether (sulfide) groups is 2. The fraction of sp³-hybridized carbons (Fsp3) is 0.120. The first kappa shape index (κ1) is 22.4. The highest BCUT2D eigenvalue weighted by molar-refractivity contribution is 7.98. The molecule has 0 unspecified atom stereocenters. The van der Waals surface area contributed by atoms with E-state index in [1.807, 2.05) is 48.7 Å². The number of hydrogen-bond donors (Lipinski definition) is 0. The minimum absolute atomic E-state index is 0.155. The molecule has 0 amide bonds. The summed E-state index contributed by atoms with van der Waals surface area (Å²) in [5.74, 6) is 0.977. The van der Waals surface area contributed by atoms with Crippen LogP contribution in [0.15, 0.2) is 92.2 Å². The third-order valence-electron chi connectivity index (χ3n) is 5.22. The van der Waals surface area contributed by atoms with Crippen molar-refractivity contribution < 1.29 is 8.91 Å². The molecule has 9 heteroatoms. The largest absolute Gasteiger partial charge is 0.338 e. The summed E-state index contributed by atoms with van der Waals surface area (Å²) in [6, 6.07) is 21.3. The third kappa shape index (κ3) is 4.76. The predicted molar refractivity (Wildman–Crippen MR) is 133 cm³/mol. The van der Waals surface area contributed by atoms with E-state index in [1.54, 1.807) is 34.5 Å². The van der Waals surface area contributed by atoms with Crippen LogP contribution in [0.1, 0.15) is 11.5 Å². The molecular formula is C25H19FN4O2S2. The lowest BCUT2D eigenvalue weighted by atomic mass is 10.2. The van der Waals surface area contributed by atoms with E-state index in [1.165, 1.54) is 23.9 Å². The van der Waals surface area contributed by atoms with Gasteiger partial charge in [0.15, 0.2) is 5.16 Å². The van der Waals surface area contributed by atoms with E-state index in [4.69, 9.17) is 9.51 Å². The van der Waals surface area contributed by atoms with Crippen LogP contribution in [0.5, 0.6) is 0 Å². The maximum atomic E-state index is 13.4. The highest BCUT2D eigenvalue weighted by Crippen LogP contribution is 2.25. The Hall–Kier alpha value is -3.43. The summed E-state index contributed by atoms with van der Waals surface area (Å²) < 4.78 is 20.4. The number of aromatic nitrogens is 4. The van der Waals surface area contributed by atoms with Gasteiger partial charge in [-0.2, -0.15) is 4.98 Å². The van der Waals surface area contributed by atoms with Crippen molar-refractivity contribution in [1.82, 2.24) is 19.7 Å². The van der Waals surface area contributed by atoms with Gasteiger partial charge in [0.25, 0.3) is 5.56 Å². The van der Waals surface area contributed by atoms with E-state index in [-0.39, 0.29) is 17.9 Å². The van der Waals surface area contributed by atoms with Crippen molar-refractivity contribution >= 4 is 34.4 Å². The van der Waals surface area contributed by atoms with Crippen molar-refractivity contribution in [3.05, 3.63) is 100 Å². The lowest BCUT2D eigenvalue weighted by molar-refractivity contribution is 0.391. The van der Waals surface area contributed by atoms with Gasteiger partial charge in [-0.1, -0.05) is 41.2 Å². The summed E-state index contributed by atoms with van der Waals surface area (Å²) >= 11 is 3.01. The van der Waals surface area contributed by atoms with Crippen LogP contribution in [-0.4, -0.2) is 25.9 Å². The highest BCUT2D eigenvalue weighted by atomic mass is 32.2. The van der Waals surface area contributed by atoms with Crippen molar-refractivity contribution in [2.24, 2.45) is 0 Å². The fourth-order valence-corrected chi connectivity index (χ4v) is 4.71. The van der Waals surface area contributed by atoms with Crippen LogP contribution in [0, 0.1) is 5.82 Å². The van der Waals surface area contributed by atoms with Gasteiger partial charge >= 0.3 is 0 Å². The zero-order chi connectivity index (χ0) is 23.5. The first-order valence-electron chi connectivity index (χ1n) is 10.4. The predicted octanol–water partition coefficient (Wildman–Crippen LogP) is 5.65. The van der Waals surface area contributed by atoms with E-state index < -0.39 is 0 Å². The number of rotatable bonds is 7. The standard InChI is InChI=1S/C25H19FN4O2S2/c1-33-19-12-8-17(9-13-19)23-28-22(32-29-23)15-34-25-27-21-5-3-2-4-20(21)24(31)30(25)14-16-6-10-18(26)11-7-16/h2-13H,14-15H2,1H3. The molecule has 0 radical (unpaired) electrons. The van der Waals surface area contributed by atoms with Gasteiger partial charge in [0.2, 0.25) is 11.7 Å². The van der Waals surface area contributed by atoms with Crippen LogP contribution in [0.4, 0.5) is 4.39 Å². The van der Waals surface area contributed by atoms with Gasteiger partial charge in [-0.25, -0.2) is 9.37 Å². The molecule has 34 heavy (non-hydrogen) atoms. The summed E-state index contributed by atoms with van der Waals surface area (Å²) in [5.41, 5.74) is 2.13. The molecule has 170 valence electrons. The molecule has 0 spiro atoms. The number of hydrogen-bond acceptors (Lipinski definition) is 7. The molecule has 0 aliphatic rings. The number of para-hydroxylation sites is 1. The Balaban J connectivity index is 1.43. The van der Waals surface area contributed by atoms with Crippen LogP contribution in [0.25, 0.3) is 22.3 Å². The molecule has 0 saturated heterocycles. The maximum absolute atomic E-state index is 13.4. The van der Waals surface area contributed by atoms with Gasteiger partial charge in [0.1, 0.15) is 5.82 Å². The zero-order valence-electron chi connectivity index (χ0n) is 18.1. The zero-order valence-corrected chi connectivity index (χ0v) is 19.8. The van der Waals surface area contributed by atoms with Gasteiger partial charge in [-0.3, -0.25) is 9.36 Å². The van der Waals surface area contributed by atoms with Crippen molar-refractivity contribution in [3.8, 4) is 11.4 Å². The minimum Gasteiger partial charge on any atom is -0.338 e. The molecule has 0 aliphatic heterocycles. The highest BCUT2D eigenvalue weighted by Gasteiger charge is 2.15. The second kappa shape index (κ2) is 9.82. The van der Waals surface area contributed by atoms with E-state index >= 15 is 0 Å². The first-order chi connectivity index (χ1) is 16.6. The Kier molecular flexibility index (Phi) is 6.46. The van der Waals surface area contributed by atoms with Crippen molar-refractivity contribution in [2.45, 2.75) is 22.3 Å². The molecule has 5 rings (SSSR count). The van der Waals surface area contributed by atoms with Crippen molar-refractivity contribution in [1.29, 1.82) is 0 Å². The van der Waals surface area contributed by atoms with E-state index in [0.29, 0.717) is 33.5 Å². The lowest BCUT2D eigenvalue weighted by Crippen LogP contribution is -2.24. The second-order valence-electron chi connectivity index (χ2n) is 7.46. The average molecular weight is 491 g/mol. The molecule has 0 saturated carbocycles. The van der Waals surface area contributed by atoms with E-state index in [0.717, 1.165) is 16.0 Å². The molecule has 0 fully saturated rings. The number of benzene rings is 3. The molecule has 2 heterocycles. The SMILES string of the molecule is CSc1ccc(-c2noc(CSc3nc4ccccc4c(=O)n3Cc3ccc(F)cc3)n2)cc1. The normalized spacial score (nSPS) is 11.2. The van der Waals surface area contributed by atoms with Crippen LogP contribution in [0.2, 0.25) is 0 Å². The quantitative estimate of drug-likeness (QED) is 0.216. The Morgan fingerprint density at radius 3 is 2.50 bits per heavy atom. The number of fused-ring (bicyclic) bond motifs is 1. The average Bonchev–Trinajstić information content (AvgIpc) is 3.35. The number of nitrogens with zero attached hydrogens (tertiary/aromatic N) is 4. The lowest BCUT2D eigenvalue weighted by Gasteiger charge is -2.12. The van der Waals surface area contributed by atoms with Gasteiger partial charge in [0.05, 0.1) is 23.2 Å². The molecule has 0 bridgehead atoms. The second-order valence-corrected chi connectivity index (χ2v) is 9.28. The molecule has 2 aromatic heterocycles. The topological polar surface area (TPSA) is 73.8 Å². The van der Waals surface area contributed by atoms with E-state index in [2.05, 4.69) is 10.1 Å². The summed E-state index contributed by atoms with van der Waals surface area (Å²) in [6.07, 6.45) is 2.02. The fourth-order valence-electron chi connectivity index (χ4n) is 3.47. The number of halogens is 1. The smallest absolute Gasteiger partial charge is 0.262 e. The van der Waals surface area contributed by atoms with Crippen LogP contribution < -0.4 is 5.56 Å². The molecular weight excluding hydrogens is 471 g/mol. The van der Waals surface area contributed by atoms with Crippen molar-refractivity contribution in [2.75, 3.05) is 6.26 Å². The summed E-state index contributed by atoms with van der Waals surface area (Å²) in [4.78, 5) is 23.6. The van der Waals surface area contributed by atoms with E-state index in [9.17, 15) is 9.18 Å².